The molecule has 2 aliphatic carbocycles. The first kappa shape index (κ1) is 8.93. The van der Waals surface area contributed by atoms with E-state index in [1.165, 1.54) is 28.4 Å². The van der Waals surface area contributed by atoms with Gasteiger partial charge >= 0.3 is 0 Å². The van der Waals surface area contributed by atoms with Crippen LogP contribution >= 0.6 is 15.9 Å². The maximum atomic E-state index is 6.22. The summed E-state index contributed by atoms with van der Waals surface area (Å²) in [5.41, 5.74) is 9.61. The Morgan fingerprint density at radius 2 is 2.14 bits per heavy atom. The van der Waals surface area contributed by atoms with E-state index in [9.17, 15) is 0 Å². The van der Waals surface area contributed by atoms with Crippen LogP contribution < -0.4 is 5.73 Å². The summed E-state index contributed by atoms with van der Waals surface area (Å²) in [6, 6.07) is 6.95. The molecule has 1 nitrogen and oxygen atoms in total. The predicted molar refractivity (Wildman–Crippen MR) is 61.4 cm³/mol. The molecule has 1 fully saturated rings. The Bertz CT molecular complexity index is 382. The smallest absolute Gasteiger partial charge is 0.0210 e. The molecule has 74 valence electrons. The highest BCUT2D eigenvalue weighted by atomic mass is 79.9. The lowest BCUT2D eigenvalue weighted by molar-refractivity contribution is 0.453. The molecule has 1 atom stereocenters. The zero-order valence-electron chi connectivity index (χ0n) is 8.09. The molecule has 0 amide bonds. The summed E-state index contributed by atoms with van der Waals surface area (Å²) in [6.45, 7) is 0. The first-order valence-corrected chi connectivity index (χ1v) is 6.07. The van der Waals surface area contributed by atoms with Crippen molar-refractivity contribution in [1.29, 1.82) is 0 Å². The van der Waals surface area contributed by atoms with E-state index < -0.39 is 0 Å². The average molecular weight is 252 g/mol. The maximum Gasteiger partial charge on any atom is 0.0210 e. The molecule has 0 radical (unpaired) electrons. The van der Waals surface area contributed by atoms with Gasteiger partial charge in [-0.25, -0.2) is 0 Å². The minimum absolute atomic E-state index is 0.358. The van der Waals surface area contributed by atoms with Crippen molar-refractivity contribution in [3.63, 3.8) is 0 Å². The van der Waals surface area contributed by atoms with Crippen LogP contribution in [-0.4, -0.2) is 6.04 Å². The van der Waals surface area contributed by atoms with Gasteiger partial charge in [-0.05, 0) is 42.9 Å². The maximum absolute atomic E-state index is 6.22. The van der Waals surface area contributed by atoms with Crippen LogP contribution in [0.25, 0.3) is 0 Å². The molecule has 1 aromatic rings. The van der Waals surface area contributed by atoms with Gasteiger partial charge in [0.2, 0.25) is 0 Å². The topological polar surface area (TPSA) is 26.0 Å². The monoisotopic (exact) mass is 251 g/mol. The Balaban J connectivity index is 2.18. The second-order valence-corrected chi connectivity index (χ2v) is 5.42. The molecule has 14 heavy (non-hydrogen) atoms. The van der Waals surface area contributed by atoms with Crippen LogP contribution in [-0.2, 0) is 11.8 Å². The van der Waals surface area contributed by atoms with Crippen LogP contribution in [0.5, 0.6) is 0 Å². The molecule has 2 aliphatic rings. The zero-order chi connectivity index (χ0) is 9.76. The minimum Gasteiger partial charge on any atom is -0.327 e. The highest BCUT2D eigenvalue weighted by Gasteiger charge is 2.51. The van der Waals surface area contributed by atoms with Crippen molar-refractivity contribution in [3.8, 4) is 0 Å². The molecule has 1 saturated carbocycles. The second-order valence-electron chi connectivity index (χ2n) is 4.57. The van der Waals surface area contributed by atoms with Gasteiger partial charge in [0.1, 0.15) is 0 Å². The van der Waals surface area contributed by atoms with Crippen molar-refractivity contribution >= 4 is 15.9 Å². The number of rotatable bonds is 0. The molecule has 0 heterocycles. The fraction of sp³-hybridized carbons (Fsp3) is 0.500. The van der Waals surface area contributed by atoms with Crippen LogP contribution in [0.3, 0.4) is 0 Å². The Hall–Kier alpha value is -0.340. The third-order valence-electron chi connectivity index (χ3n) is 3.86. The molecule has 0 bridgehead atoms. The lowest BCUT2D eigenvalue weighted by atomic mass is 9.77. The molecule has 0 aromatic heterocycles. The highest BCUT2D eigenvalue weighted by Crippen LogP contribution is 2.55. The molecule has 1 spiro atoms. The van der Waals surface area contributed by atoms with Gasteiger partial charge in [0.25, 0.3) is 0 Å². The van der Waals surface area contributed by atoms with E-state index in [4.69, 9.17) is 5.73 Å². The number of benzene rings is 1. The third-order valence-corrected chi connectivity index (χ3v) is 4.60. The number of nitrogens with two attached hydrogens (primary N) is 1. The number of fused-ring (bicyclic) bond motifs is 2. The fourth-order valence-electron chi connectivity index (χ4n) is 2.83. The van der Waals surface area contributed by atoms with Crippen molar-refractivity contribution in [2.24, 2.45) is 5.73 Å². The fourth-order valence-corrected chi connectivity index (χ4v) is 3.39. The number of hydrogen-bond donors (Lipinski definition) is 1. The lowest BCUT2D eigenvalue weighted by Gasteiger charge is -2.32. The third kappa shape index (κ3) is 1.04. The summed E-state index contributed by atoms with van der Waals surface area (Å²) in [5.74, 6) is 0. The molecular formula is C12H14BrN. The van der Waals surface area contributed by atoms with E-state index in [1.54, 1.807) is 0 Å². The van der Waals surface area contributed by atoms with Crippen molar-refractivity contribution in [2.45, 2.75) is 37.1 Å². The molecule has 1 aromatic carbocycles. The van der Waals surface area contributed by atoms with E-state index in [0.29, 0.717) is 11.5 Å². The summed E-state index contributed by atoms with van der Waals surface area (Å²) < 4.78 is 1.27. The van der Waals surface area contributed by atoms with E-state index in [0.717, 1.165) is 12.8 Å². The second kappa shape index (κ2) is 2.83. The first-order valence-electron chi connectivity index (χ1n) is 5.27. The van der Waals surface area contributed by atoms with Gasteiger partial charge in [0.05, 0.1) is 0 Å². The normalized spacial score (nSPS) is 27.4. The van der Waals surface area contributed by atoms with Gasteiger partial charge in [-0.3, -0.25) is 0 Å². The largest absolute Gasteiger partial charge is 0.327 e. The number of hydrogen-bond acceptors (Lipinski definition) is 1. The summed E-state index contributed by atoms with van der Waals surface area (Å²) in [4.78, 5) is 0. The zero-order valence-corrected chi connectivity index (χ0v) is 9.68. The van der Waals surface area contributed by atoms with E-state index in [-0.39, 0.29) is 0 Å². The molecule has 3 rings (SSSR count). The van der Waals surface area contributed by atoms with Crippen molar-refractivity contribution in [3.05, 3.63) is 33.8 Å². The first-order chi connectivity index (χ1) is 6.74. The quantitative estimate of drug-likeness (QED) is 0.754. The molecule has 0 saturated heterocycles. The molecular weight excluding hydrogens is 238 g/mol. The molecule has 2 N–H and O–H groups in total. The van der Waals surface area contributed by atoms with Gasteiger partial charge < -0.3 is 5.73 Å². The summed E-state index contributed by atoms with van der Waals surface area (Å²) >= 11 is 3.64. The van der Waals surface area contributed by atoms with Crippen LogP contribution in [0.4, 0.5) is 0 Å². The molecule has 1 unspecified atom stereocenters. The summed E-state index contributed by atoms with van der Waals surface area (Å²) in [7, 11) is 0. The lowest BCUT2D eigenvalue weighted by Crippen LogP contribution is -2.39. The Labute approximate surface area is 92.8 Å². The molecule has 2 heteroatoms. The Kier molecular flexibility index (Phi) is 1.80. The highest BCUT2D eigenvalue weighted by molar-refractivity contribution is 9.10. The van der Waals surface area contributed by atoms with Gasteiger partial charge in [-0.1, -0.05) is 28.1 Å². The summed E-state index contributed by atoms with van der Waals surface area (Å²) in [6.07, 6.45) is 4.87. The van der Waals surface area contributed by atoms with Crippen LogP contribution in [0.2, 0.25) is 0 Å². The van der Waals surface area contributed by atoms with Gasteiger partial charge in [0.15, 0.2) is 0 Å². The number of halogens is 1. The minimum atomic E-state index is 0.358. The SMILES string of the molecule is NC1CCc2c(Br)cccc2C12CC2. The predicted octanol–water partition coefficient (Wildman–Crippen LogP) is 2.75. The Morgan fingerprint density at radius 3 is 2.86 bits per heavy atom. The van der Waals surface area contributed by atoms with Crippen molar-refractivity contribution < 1.29 is 0 Å². The van der Waals surface area contributed by atoms with Gasteiger partial charge in [-0.15, -0.1) is 0 Å². The standard InChI is InChI=1S/C12H14BrN/c13-10-3-1-2-9-8(10)4-5-11(14)12(9)6-7-12/h1-3,11H,4-7,14H2. The molecule has 0 aliphatic heterocycles. The van der Waals surface area contributed by atoms with Crippen LogP contribution in [0, 0.1) is 0 Å². The summed E-state index contributed by atoms with van der Waals surface area (Å²) in [5, 5.41) is 0. The van der Waals surface area contributed by atoms with E-state index in [1.807, 2.05) is 0 Å². The Morgan fingerprint density at radius 1 is 1.36 bits per heavy atom. The average Bonchev–Trinajstić information content (AvgIpc) is 2.94. The van der Waals surface area contributed by atoms with Crippen molar-refractivity contribution in [2.75, 3.05) is 0 Å². The van der Waals surface area contributed by atoms with Gasteiger partial charge in [-0.2, -0.15) is 0 Å². The van der Waals surface area contributed by atoms with Gasteiger partial charge in [0, 0.05) is 15.9 Å². The van der Waals surface area contributed by atoms with Crippen LogP contribution in [0.1, 0.15) is 30.4 Å². The van der Waals surface area contributed by atoms with E-state index >= 15 is 0 Å². The van der Waals surface area contributed by atoms with Crippen molar-refractivity contribution in [1.82, 2.24) is 0 Å². The van der Waals surface area contributed by atoms with Crippen LogP contribution in [0.15, 0.2) is 22.7 Å². The van der Waals surface area contributed by atoms with E-state index in [2.05, 4.69) is 34.1 Å².